The van der Waals surface area contributed by atoms with Gasteiger partial charge in [-0.3, -0.25) is 20.1 Å². The van der Waals surface area contributed by atoms with Crippen molar-refractivity contribution in [1.29, 1.82) is 0 Å². The van der Waals surface area contributed by atoms with Crippen LogP contribution in [0.1, 0.15) is 135 Å². The quantitative estimate of drug-likeness (QED) is 0.0457. The fourth-order valence-corrected chi connectivity index (χ4v) is 14.2. The SMILES string of the molecule is CC.CC1(C)OB(c2ccc3nccn3c2)OC1(C)C.Cc1cccc(-c2n[nH]c(C(C)C)c2-c2ccc3nccn3c2)n1.Cc1cccc(-c2nn(COCC[Si](C)(C)C)c(C(C)C)c2-c2ccc3nccn3c2)n1.Cc1cccc(-c2nn(COCC[Si](C)(C)C)c(C(C)C)c2I)n1. The Morgan fingerprint density at radius 2 is 0.920 bits per heavy atom. The molecule has 0 aliphatic carbocycles. The highest BCUT2D eigenvalue weighted by molar-refractivity contribution is 14.1. The van der Waals surface area contributed by atoms with Crippen LogP contribution in [0.5, 0.6) is 0 Å². The van der Waals surface area contributed by atoms with Crippen molar-refractivity contribution in [2.75, 3.05) is 13.2 Å². The van der Waals surface area contributed by atoms with Crippen molar-refractivity contribution in [1.82, 2.24) is 72.9 Å². The van der Waals surface area contributed by atoms with Gasteiger partial charge in [-0.2, -0.15) is 15.3 Å². The standard InChI is InChI=1S/C25H33N5OSi.C19H19N5.C18H28IN3OSi.C13H17BN2O2.C2H6/c1-18(2)25-23(20-10-11-22-26-12-13-29(22)16-20)24(21-9-7-8-19(3)27-21)28-30(25)17-31-14-15-32(4,5)6;1-12(2)18-17(14-7-8-16-20-9-10-24(16)11-14)19(23-22-18)15-6-4-5-13(3)21-15;1-13(2)18-16(19)17(15-9-7-8-14(3)20-15)21-22(18)12-23-10-11-24(4,5)6;1-12(2)13(3,4)18-14(17-12)10-5-6-11-15-7-8-16(11)9-10;1-2/h7-13,16,18H,14-15,17H2,1-6H3;4-12H,1-3H3,(H,22,23);7-9,13H,10-12H2,1-6H3;5-9H,1-4H3;1-2H3. The van der Waals surface area contributed by atoms with E-state index < -0.39 is 16.1 Å². The highest BCUT2D eigenvalue weighted by atomic mass is 127. The van der Waals surface area contributed by atoms with E-state index in [1.165, 1.54) is 15.3 Å². The first-order valence-electron chi connectivity index (χ1n) is 35.0. The van der Waals surface area contributed by atoms with Gasteiger partial charge in [0.25, 0.3) is 0 Å². The number of fused-ring (bicyclic) bond motifs is 3. The van der Waals surface area contributed by atoms with Crippen LogP contribution in [0.4, 0.5) is 0 Å². The van der Waals surface area contributed by atoms with Gasteiger partial charge in [-0.1, -0.05) is 119 Å². The van der Waals surface area contributed by atoms with Gasteiger partial charge in [0.1, 0.15) is 47.5 Å². The molecule has 0 atom stereocenters. The molecular weight excluding hydrogens is 1390 g/mol. The maximum Gasteiger partial charge on any atom is 0.496 e. The van der Waals surface area contributed by atoms with Crippen LogP contribution in [0.2, 0.25) is 51.4 Å². The van der Waals surface area contributed by atoms with E-state index in [0.29, 0.717) is 25.3 Å². The molecule has 1 aliphatic heterocycles. The minimum Gasteiger partial charge on any atom is -0.399 e. The number of pyridine rings is 6. The summed E-state index contributed by atoms with van der Waals surface area (Å²) in [5.74, 6) is 1.00. The van der Waals surface area contributed by atoms with Crippen molar-refractivity contribution in [3.8, 4) is 56.4 Å². The highest BCUT2D eigenvalue weighted by Gasteiger charge is 2.52. The van der Waals surface area contributed by atoms with Gasteiger partial charge >= 0.3 is 7.12 Å². The molecule has 19 nitrogen and oxygen atoms in total. The molecule has 12 aromatic heterocycles. The summed E-state index contributed by atoms with van der Waals surface area (Å²) in [4.78, 5) is 27.0. The Kier molecular flexibility index (Phi) is 25.1. The smallest absolute Gasteiger partial charge is 0.399 e. The summed E-state index contributed by atoms with van der Waals surface area (Å²) in [6.45, 7) is 48.2. The lowest BCUT2D eigenvalue weighted by Crippen LogP contribution is -2.41. The van der Waals surface area contributed by atoms with Crippen LogP contribution in [-0.4, -0.2) is 121 Å². The van der Waals surface area contributed by atoms with E-state index in [-0.39, 0.29) is 24.2 Å². The van der Waals surface area contributed by atoms with Crippen molar-refractivity contribution in [3.63, 3.8) is 0 Å². The van der Waals surface area contributed by atoms with Crippen LogP contribution >= 0.6 is 22.6 Å². The van der Waals surface area contributed by atoms with Crippen molar-refractivity contribution in [2.24, 2.45) is 0 Å². The zero-order valence-corrected chi connectivity index (χ0v) is 66.8. The molecule has 1 fully saturated rings. The van der Waals surface area contributed by atoms with Gasteiger partial charge in [-0.15, -0.1) is 0 Å². The molecule has 1 N–H and O–H groups in total. The Hall–Kier alpha value is -7.78. The average Bonchev–Trinajstić information content (AvgIpc) is 1.61. The van der Waals surface area contributed by atoms with Crippen LogP contribution < -0.4 is 5.46 Å². The van der Waals surface area contributed by atoms with Crippen molar-refractivity contribution < 1.29 is 18.8 Å². The first kappa shape index (κ1) is 76.4. The van der Waals surface area contributed by atoms with Crippen LogP contribution in [0.15, 0.2) is 147 Å². The Balaban J connectivity index is 0.000000157. The van der Waals surface area contributed by atoms with Gasteiger partial charge in [-0.25, -0.2) is 24.3 Å². The summed E-state index contributed by atoms with van der Waals surface area (Å²) in [6, 6.07) is 32.8. The Bertz CT molecular complexity index is 4650. The van der Waals surface area contributed by atoms with Crippen LogP contribution in [-0.2, 0) is 32.2 Å². The Morgan fingerprint density at radius 3 is 1.36 bits per heavy atom. The third-order valence-corrected chi connectivity index (χ3v) is 22.0. The molecular formula is C77H103BIN15O4Si2. The number of halogens is 1. The van der Waals surface area contributed by atoms with E-state index in [1.807, 2.05) is 157 Å². The maximum atomic E-state index is 6.11. The highest BCUT2D eigenvalue weighted by Crippen LogP contribution is 2.40. The molecule has 12 aromatic rings. The monoisotopic (exact) mass is 1500 g/mol. The van der Waals surface area contributed by atoms with Gasteiger partial charge in [-0.05, 0) is 173 Å². The first-order chi connectivity index (χ1) is 47.4. The lowest BCUT2D eigenvalue weighted by atomic mass is 9.80. The van der Waals surface area contributed by atoms with Crippen molar-refractivity contribution in [2.45, 2.75) is 198 Å². The fraction of sp³-hybridized carbons (Fsp3) is 0.416. The lowest BCUT2D eigenvalue weighted by Gasteiger charge is -2.32. The van der Waals surface area contributed by atoms with E-state index in [2.05, 4.69) is 201 Å². The topological polar surface area (TPSA) is 192 Å². The number of nitrogens with zero attached hydrogens (tertiary/aromatic N) is 14. The predicted octanol–water partition coefficient (Wildman–Crippen LogP) is 18.2. The van der Waals surface area contributed by atoms with Gasteiger partial charge < -0.3 is 32.0 Å². The molecule has 0 saturated carbocycles. The molecule has 0 spiro atoms. The predicted molar refractivity (Wildman–Crippen MR) is 421 cm³/mol. The molecule has 0 unspecified atom stereocenters. The van der Waals surface area contributed by atoms with E-state index in [4.69, 9.17) is 34.0 Å². The molecule has 1 aliphatic rings. The zero-order valence-electron chi connectivity index (χ0n) is 62.7. The summed E-state index contributed by atoms with van der Waals surface area (Å²) in [7, 11) is -2.52. The number of ether oxygens (including phenoxy) is 2. The molecule has 528 valence electrons. The van der Waals surface area contributed by atoms with Crippen molar-refractivity contribution in [3.05, 3.63) is 185 Å². The summed E-state index contributed by atoms with van der Waals surface area (Å²) in [5, 5.41) is 17.6. The lowest BCUT2D eigenvalue weighted by molar-refractivity contribution is 0.00578. The minimum absolute atomic E-state index is 0.273. The Morgan fingerprint density at radius 1 is 0.510 bits per heavy atom. The van der Waals surface area contributed by atoms with Gasteiger partial charge in [0.15, 0.2) is 0 Å². The normalized spacial score (nSPS) is 13.6. The second-order valence-electron chi connectivity index (χ2n) is 29.6. The molecule has 100 heavy (non-hydrogen) atoms. The average molecular weight is 1500 g/mol. The second kappa shape index (κ2) is 32.9. The number of H-pyrrole nitrogens is 1. The van der Waals surface area contributed by atoms with Gasteiger partial charge in [0, 0.05) is 130 Å². The van der Waals surface area contributed by atoms with Crippen LogP contribution in [0.25, 0.3) is 73.4 Å². The third-order valence-electron chi connectivity index (χ3n) is 17.5. The zero-order chi connectivity index (χ0) is 72.4. The molecule has 0 amide bonds. The number of nitrogens with one attached hydrogen (secondary N) is 1. The fourth-order valence-electron chi connectivity index (χ4n) is 11.4. The molecule has 13 heterocycles. The molecule has 0 aromatic carbocycles. The molecule has 23 heteroatoms. The number of aromatic nitrogens is 15. The number of aryl methyl sites for hydroxylation is 3. The number of hydrogen-bond donors (Lipinski definition) is 1. The van der Waals surface area contributed by atoms with E-state index in [0.717, 1.165) is 127 Å². The summed E-state index contributed by atoms with van der Waals surface area (Å²) >= 11 is 2.39. The van der Waals surface area contributed by atoms with Crippen LogP contribution in [0.3, 0.4) is 0 Å². The van der Waals surface area contributed by atoms with Crippen LogP contribution in [0, 0.1) is 24.3 Å². The van der Waals surface area contributed by atoms with E-state index in [9.17, 15) is 0 Å². The number of imidazole rings is 3. The van der Waals surface area contributed by atoms with E-state index >= 15 is 0 Å². The summed E-state index contributed by atoms with van der Waals surface area (Å²) < 4.78 is 35.3. The van der Waals surface area contributed by atoms with Gasteiger partial charge in [0.2, 0.25) is 0 Å². The number of rotatable bonds is 19. The summed E-state index contributed by atoms with van der Waals surface area (Å²) in [5.41, 5.74) is 19.5. The largest absolute Gasteiger partial charge is 0.496 e. The third kappa shape index (κ3) is 18.8. The molecule has 0 bridgehead atoms. The first-order valence-corrected chi connectivity index (χ1v) is 43.5. The van der Waals surface area contributed by atoms with E-state index in [1.54, 1.807) is 12.4 Å². The maximum absolute atomic E-state index is 6.11. The van der Waals surface area contributed by atoms with Crippen molar-refractivity contribution >= 4 is 68.3 Å². The molecule has 1 saturated heterocycles. The molecule has 0 radical (unpaired) electrons. The number of aromatic amines is 1. The summed E-state index contributed by atoms with van der Waals surface area (Å²) in [6.07, 6.45) is 17.5. The van der Waals surface area contributed by atoms with Gasteiger partial charge in [0.05, 0.1) is 43.2 Å². The Labute approximate surface area is 607 Å². The number of hydrogen-bond acceptors (Lipinski definition) is 13. The molecule has 13 rings (SSSR count). The minimum atomic E-state index is -1.14. The second-order valence-corrected chi connectivity index (χ2v) is 42.0.